The number of nitrogen functional groups attached to an aromatic ring is 1. The number of carbonyl (C=O) groups is 1. The quantitative estimate of drug-likeness (QED) is 0.528. The number of carbonyl (C=O) groups excluding carboxylic acids is 1. The molecule has 3 aromatic rings. The summed E-state index contributed by atoms with van der Waals surface area (Å²) < 4.78 is 1.39. The Balaban J connectivity index is 1.69. The summed E-state index contributed by atoms with van der Waals surface area (Å²) in [5, 5.41) is 21.8. The van der Waals surface area contributed by atoms with E-state index in [1.165, 1.54) is 27.8 Å². The van der Waals surface area contributed by atoms with E-state index in [4.69, 9.17) is 11.1 Å². The van der Waals surface area contributed by atoms with Gasteiger partial charge in [0.25, 0.3) is 0 Å². The van der Waals surface area contributed by atoms with E-state index in [2.05, 4.69) is 15.5 Å². The third-order valence-corrected chi connectivity index (χ3v) is 5.24. The van der Waals surface area contributed by atoms with Crippen LogP contribution in [0.4, 0.5) is 5.69 Å². The van der Waals surface area contributed by atoms with Gasteiger partial charge in [-0.3, -0.25) is 4.79 Å². The first-order chi connectivity index (χ1) is 12.1. The van der Waals surface area contributed by atoms with Gasteiger partial charge in [-0.2, -0.15) is 5.26 Å². The van der Waals surface area contributed by atoms with E-state index in [1.807, 2.05) is 23.6 Å². The zero-order valence-electron chi connectivity index (χ0n) is 13.2. The fourth-order valence-corrected chi connectivity index (χ4v) is 3.53. The molecular formula is C16H14N6OS2. The maximum Gasteiger partial charge on any atom is 0.237 e. The molecule has 0 aliphatic rings. The fraction of sp³-hybridized carbons (Fsp3) is 0.125. The first kappa shape index (κ1) is 17.0. The van der Waals surface area contributed by atoms with Crippen molar-refractivity contribution in [3.8, 4) is 16.8 Å². The molecule has 3 rings (SSSR count). The van der Waals surface area contributed by atoms with Crippen LogP contribution in [0.15, 0.2) is 46.9 Å². The molecule has 1 amide bonds. The highest BCUT2D eigenvalue weighted by atomic mass is 32.2. The summed E-state index contributed by atoms with van der Waals surface area (Å²) in [7, 11) is 0. The summed E-state index contributed by atoms with van der Waals surface area (Å²) in [5.74, 6) is 6.40. The van der Waals surface area contributed by atoms with Gasteiger partial charge in [0, 0.05) is 5.69 Å². The second-order valence-electron chi connectivity index (χ2n) is 5.10. The van der Waals surface area contributed by atoms with Crippen molar-refractivity contribution in [2.75, 3.05) is 11.2 Å². The molecule has 0 fully saturated rings. The molecular weight excluding hydrogens is 356 g/mol. The molecule has 1 aromatic carbocycles. The Hall–Kier alpha value is -2.83. The molecule has 0 saturated heterocycles. The molecule has 9 heteroatoms. The van der Waals surface area contributed by atoms with Crippen LogP contribution in [0.2, 0.25) is 0 Å². The van der Waals surface area contributed by atoms with Gasteiger partial charge < -0.3 is 11.2 Å². The number of nitrogens with one attached hydrogen (secondary N) is 1. The van der Waals surface area contributed by atoms with Crippen molar-refractivity contribution in [1.82, 2.24) is 14.9 Å². The number of nitrogens with two attached hydrogens (primary N) is 1. The topological polar surface area (TPSA) is 110 Å². The molecule has 2 aromatic heterocycles. The van der Waals surface area contributed by atoms with E-state index < -0.39 is 5.25 Å². The Bertz CT molecular complexity index is 929. The number of amides is 1. The lowest BCUT2D eigenvalue weighted by atomic mass is 10.2. The summed E-state index contributed by atoms with van der Waals surface area (Å²) in [5.41, 5.74) is 1.06. The molecule has 1 atom stereocenters. The van der Waals surface area contributed by atoms with Gasteiger partial charge in [-0.05, 0) is 36.6 Å². The third-order valence-electron chi connectivity index (χ3n) is 3.32. The SMILES string of the molecule is CC(Sc1nnc(-c2cccs2)n1N)C(=O)Nc1cccc(C#N)c1. The van der Waals surface area contributed by atoms with Crippen molar-refractivity contribution in [2.45, 2.75) is 17.3 Å². The first-order valence-corrected chi connectivity index (χ1v) is 9.06. The Morgan fingerprint density at radius 3 is 2.96 bits per heavy atom. The van der Waals surface area contributed by atoms with Crippen LogP contribution < -0.4 is 11.2 Å². The molecule has 3 N–H and O–H groups in total. The van der Waals surface area contributed by atoms with Gasteiger partial charge >= 0.3 is 0 Å². The lowest BCUT2D eigenvalue weighted by Crippen LogP contribution is -2.23. The van der Waals surface area contributed by atoms with Crippen LogP contribution in [0.3, 0.4) is 0 Å². The largest absolute Gasteiger partial charge is 0.335 e. The van der Waals surface area contributed by atoms with Crippen LogP contribution in [-0.4, -0.2) is 26.0 Å². The summed E-state index contributed by atoms with van der Waals surface area (Å²) >= 11 is 2.73. The van der Waals surface area contributed by atoms with Gasteiger partial charge in [0.05, 0.1) is 21.8 Å². The van der Waals surface area contributed by atoms with E-state index in [-0.39, 0.29) is 5.91 Å². The first-order valence-electron chi connectivity index (χ1n) is 7.30. The molecule has 0 aliphatic heterocycles. The van der Waals surface area contributed by atoms with Crippen molar-refractivity contribution < 1.29 is 4.79 Å². The van der Waals surface area contributed by atoms with Crippen molar-refractivity contribution >= 4 is 34.7 Å². The molecule has 0 spiro atoms. The Morgan fingerprint density at radius 1 is 1.40 bits per heavy atom. The molecule has 25 heavy (non-hydrogen) atoms. The number of rotatable bonds is 5. The zero-order valence-corrected chi connectivity index (χ0v) is 14.8. The summed E-state index contributed by atoms with van der Waals surface area (Å²) in [6.07, 6.45) is 0. The average molecular weight is 370 g/mol. The summed E-state index contributed by atoms with van der Waals surface area (Å²) in [6, 6.07) is 12.6. The van der Waals surface area contributed by atoms with E-state index in [0.29, 0.717) is 22.2 Å². The zero-order chi connectivity index (χ0) is 17.8. The van der Waals surface area contributed by atoms with Gasteiger partial charge in [0.2, 0.25) is 11.1 Å². The number of thiophene rings is 1. The van der Waals surface area contributed by atoms with Crippen molar-refractivity contribution in [3.63, 3.8) is 0 Å². The second kappa shape index (κ2) is 7.38. The van der Waals surface area contributed by atoms with Crippen LogP contribution in [-0.2, 0) is 4.79 Å². The number of nitrogens with zero attached hydrogens (tertiary/aromatic N) is 4. The number of nitriles is 1. The van der Waals surface area contributed by atoms with Crippen LogP contribution in [0, 0.1) is 11.3 Å². The molecule has 0 aliphatic carbocycles. The molecule has 0 bridgehead atoms. The monoisotopic (exact) mass is 370 g/mol. The van der Waals surface area contributed by atoms with Gasteiger partial charge in [-0.25, -0.2) is 4.68 Å². The minimum atomic E-state index is -0.437. The van der Waals surface area contributed by atoms with Gasteiger partial charge in [-0.1, -0.05) is 23.9 Å². The van der Waals surface area contributed by atoms with Crippen molar-refractivity contribution in [1.29, 1.82) is 5.26 Å². The fourth-order valence-electron chi connectivity index (χ4n) is 2.05. The smallest absolute Gasteiger partial charge is 0.237 e. The molecule has 0 saturated carbocycles. The third kappa shape index (κ3) is 3.81. The number of benzene rings is 1. The lowest BCUT2D eigenvalue weighted by molar-refractivity contribution is -0.115. The highest BCUT2D eigenvalue weighted by molar-refractivity contribution is 8.00. The minimum absolute atomic E-state index is 0.208. The Labute approximate surface area is 152 Å². The second-order valence-corrected chi connectivity index (χ2v) is 7.35. The minimum Gasteiger partial charge on any atom is -0.335 e. The maximum atomic E-state index is 12.4. The maximum absolute atomic E-state index is 12.4. The van der Waals surface area contributed by atoms with E-state index in [1.54, 1.807) is 31.2 Å². The lowest BCUT2D eigenvalue weighted by Gasteiger charge is -2.11. The van der Waals surface area contributed by atoms with Crippen LogP contribution in [0.25, 0.3) is 10.7 Å². The number of aromatic nitrogens is 3. The normalized spacial score (nSPS) is 11.7. The number of anilines is 1. The number of hydrogen-bond acceptors (Lipinski definition) is 7. The average Bonchev–Trinajstić information content (AvgIpc) is 3.25. The van der Waals surface area contributed by atoms with E-state index >= 15 is 0 Å². The standard InChI is InChI=1S/C16H14N6OS2/c1-10(15(23)19-12-5-2-4-11(8-12)9-17)25-16-21-20-14(22(16)18)13-6-3-7-24-13/h2-8,10H,18H2,1H3,(H,19,23). The van der Waals surface area contributed by atoms with Crippen molar-refractivity contribution in [2.24, 2.45) is 0 Å². The predicted octanol–water partition coefficient (Wildman–Crippen LogP) is 2.71. The van der Waals surface area contributed by atoms with Gasteiger partial charge in [0.15, 0.2) is 5.82 Å². The highest BCUT2D eigenvalue weighted by Gasteiger charge is 2.20. The van der Waals surface area contributed by atoms with E-state index in [0.717, 1.165) is 4.88 Å². The van der Waals surface area contributed by atoms with Crippen LogP contribution in [0.1, 0.15) is 12.5 Å². The van der Waals surface area contributed by atoms with Crippen LogP contribution in [0.5, 0.6) is 0 Å². The Morgan fingerprint density at radius 2 is 2.24 bits per heavy atom. The summed E-state index contributed by atoms with van der Waals surface area (Å²) in [4.78, 5) is 13.3. The molecule has 1 unspecified atom stereocenters. The predicted molar refractivity (Wildman–Crippen MR) is 98.6 cm³/mol. The molecule has 2 heterocycles. The molecule has 126 valence electrons. The van der Waals surface area contributed by atoms with Crippen LogP contribution >= 0.6 is 23.1 Å². The van der Waals surface area contributed by atoms with Crippen molar-refractivity contribution in [3.05, 3.63) is 47.3 Å². The number of thioether (sulfide) groups is 1. The van der Waals surface area contributed by atoms with Gasteiger partial charge in [0.1, 0.15) is 0 Å². The van der Waals surface area contributed by atoms with E-state index in [9.17, 15) is 4.79 Å². The van der Waals surface area contributed by atoms with Gasteiger partial charge in [-0.15, -0.1) is 21.5 Å². The summed E-state index contributed by atoms with van der Waals surface area (Å²) in [6.45, 7) is 1.76. The molecule has 0 radical (unpaired) electrons. The number of hydrogen-bond donors (Lipinski definition) is 2. The Kier molecular flexibility index (Phi) is 5.02. The highest BCUT2D eigenvalue weighted by Crippen LogP contribution is 2.27. The molecule has 7 nitrogen and oxygen atoms in total.